The van der Waals surface area contributed by atoms with Crippen molar-refractivity contribution in [3.05, 3.63) is 130 Å². The van der Waals surface area contributed by atoms with Crippen molar-refractivity contribution in [3.63, 3.8) is 0 Å². The lowest BCUT2D eigenvalue weighted by atomic mass is 9.90. The van der Waals surface area contributed by atoms with E-state index in [1.165, 1.54) is 0 Å². The summed E-state index contributed by atoms with van der Waals surface area (Å²) in [7, 11) is 0. The Bertz CT molecular complexity index is 2100. The quantitative estimate of drug-likeness (QED) is 0.299. The van der Waals surface area contributed by atoms with Gasteiger partial charge < -0.3 is 0 Å². The van der Waals surface area contributed by atoms with Gasteiger partial charge >= 0.3 is 0 Å². The minimum Gasteiger partial charge on any atom is -0.248 e. The van der Waals surface area contributed by atoms with Crippen LogP contribution in [0.3, 0.4) is 0 Å². The van der Waals surface area contributed by atoms with E-state index in [2.05, 4.69) is 66.7 Å². The lowest BCUT2D eigenvalue weighted by Gasteiger charge is -2.15. The molecular weight excluding hydrogens is 440 g/mol. The molecule has 0 amide bonds. The van der Waals surface area contributed by atoms with Crippen LogP contribution in [0.5, 0.6) is 0 Å². The van der Waals surface area contributed by atoms with Crippen molar-refractivity contribution in [3.8, 4) is 33.6 Å². The first-order chi connectivity index (χ1) is 17.8. The summed E-state index contributed by atoms with van der Waals surface area (Å²) in [5, 5.41) is 5.26. The molecule has 0 N–H and O–H groups in total. The fourth-order valence-electron chi connectivity index (χ4n) is 5.42. The maximum atomic E-state index is 5.07. The number of hydrogen-bond donors (Lipinski definition) is 0. The van der Waals surface area contributed by atoms with Gasteiger partial charge in [-0.05, 0) is 41.5 Å². The molecule has 5 aromatic carbocycles. The first-order valence-corrected chi connectivity index (χ1v) is 12.0. The molecule has 0 unspecified atom stereocenters. The molecule has 36 heavy (non-hydrogen) atoms. The van der Waals surface area contributed by atoms with E-state index >= 15 is 0 Å². The smallest absolute Gasteiger partial charge is 0.161 e. The highest BCUT2D eigenvalue weighted by atomic mass is 14.9. The van der Waals surface area contributed by atoms with E-state index in [9.17, 15) is 0 Å². The maximum absolute atomic E-state index is 5.07. The fourth-order valence-corrected chi connectivity index (χ4v) is 5.42. The van der Waals surface area contributed by atoms with Crippen LogP contribution in [0.15, 0.2) is 119 Å². The zero-order chi connectivity index (χ0) is 23.6. The summed E-state index contributed by atoms with van der Waals surface area (Å²) in [6.45, 7) is 0. The van der Waals surface area contributed by atoms with E-state index in [0.29, 0.717) is 5.82 Å². The third kappa shape index (κ3) is 2.70. The predicted octanol–water partition coefficient (Wildman–Crippen LogP) is 6.45. The fraction of sp³-hybridized carbons (Fsp3) is 0. The zero-order valence-corrected chi connectivity index (χ0v) is 19.2. The molecule has 0 aliphatic carbocycles. The molecule has 6 aromatic rings. The van der Waals surface area contributed by atoms with Crippen LogP contribution >= 0.6 is 0 Å². The first-order valence-electron chi connectivity index (χ1n) is 12.0. The van der Waals surface area contributed by atoms with Gasteiger partial charge in [-0.15, -0.1) is 0 Å². The van der Waals surface area contributed by atoms with Crippen LogP contribution < -0.4 is 10.7 Å². The summed E-state index contributed by atoms with van der Waals surface area (Å²) in [4.78, 5) is 20.0. The van der Waals surface area contributed by atoms with Crippen LogP contribution in [-0.4, -0.2) is 9.97 Å². The molecule has 0 spiro atoms. The van der Waals surface area contributed by atoms with Crippen LogP contribution in [0.2, 0.25) is 0 Å². The first kappa shape index (κ1) is 19.4. The molecule has 2 aliphatic heterocycles. The van der Waals surface area contributed by atoms with Crippen molar-refractivity contribution >= 4 is 22.3 Å². The van der Waals surface area contributed by atoms with Crippen molar-refractivity contribution in [1.29, 1.82) is 0 Å². The minimum atomic E-state index is 0.695. The Balaban J connectivity index is 1.51. The number of benzene rings is 5. The maximum Gasteiger partial charge on any atom is 0.161 e. The molecule has 2 aliphatic rings. The second-order valence-electron chi connectivity index (χ2n) is 9.10. The molecule has 0 bridgehead atoms. The van der Waals surface area contributed by atoms with Gasteiger partial charge in [0, 0.05) is 38.7 Å². The minimum absolute atomic E-state index is 0.695. The van der Waals surface area contributed by atoms with Crippen molar-refractivity contribution in [2.75, 3.05) is 0 Å². The number of fused-ring (bicyclic) bond motifs is 7. The normalized spacial score (nSPS) is 12.3. The number of hydrogen-bond acceptors (Lipinski definition) is 4. The molecule has 3 heterocycles. The van der Waals surface area contributed by atoms with E-state index < -0.39 is 0 Å². The Labute approximate surface area is 206 Å². The lowest BCUT2D eigenvalue weighted by molar-refractivity contribution is 1.23. The average Bonchev–Trinajstić information content (AvgIpc) is 3.51. The van der Waals surface area contributed by atoms with Crippen molar-refractivity contribution in [1.82, 2.24) is 9.97 Å². The number of para-hydroxylation sites is 2. The highest BCUT2D eigenvalue weighted by molar-refractivity contribution is 6.02. The number of nitrogens with zero attached hydrogens (tertiary/aromatic N) is 4. The van der Waals surface area contributed by atoms with Gasteiger partial charge in [-0.2, -0.15) is 0 Å². The van der Waals surface area contributed by atoms with E-state index in [1.807, 2.05) is 42.6 Å². The highest BCUT2D eigenvalue weighted by Gasteiger charge is 2.27. The van der Waals surface area contributed by atoms with Gasteiger partial charge in [0.2, 0.25) is 0 Å². The molecule has 0 atom stereocenters. The Hall–Kier alpha value is -4.96. The van der Waals surface area contributed by atoms with Gasteiger partial charge in [0.1, 0.15) is 0 Å². The van der Waals surface area contributed by atoms with Crippen LogP contribution in [-0.2, 0) is 0 Å². The Morgan fingerprint density at radius 3 is 2.31 bits per heavy atom. The largest absolute Gasteiger partial charge is 0.248 e. The zero-order valence-electron chi connectivity index (χ0n) is 19.2. The molecule has 1 aromatic heterocycles. The van der Waals surface area contributed by atoms with Crippen LogP contribution in [0.4, 0.5) is 11.4 Å². The summed E-state index contributed by atoms with van der Waals surface area (Å²) < 4.78 is 0. The van der Waals surface area contributed by atoms with Crippen molar-refractivity contribution in [2.24, 2.45) is 9.98 Å². The van der Waals surface area contributed by atoms with E-state index in [1.54, 1.807) is 0 Å². The van der Waals surface area contributed by atoms with Crippen LogP contribution in [0, 0.1) is 10.4 Å². The molecule has 4 nitrogen and oxygen atoms in total. The number of rotatable bonds is 2. The summed E-state index contributed by atoms with van der Waals surface area (Å²) >= 11 is 0. The van der Waals surface area contributed by atoms with Gasteiger partial charge in [0.25, 0.3) is 0 Å². The monoisotopic (exact) mass is 458 g/mol. The third-order valence-corrected chi connectivity index (χ3v) is 7.05. The SMILES string of the molecule is c1ccc(-c2ccc3c(c2-c2ncc4ccccc4n2)-c2c4c(ccc2=N3)=c2ccccc2=N4)cc1. The van der Waals surface area contributed by atoms with Gasteiger partial charge in [-0.1, -0.05) is 72.8 Å². The molecule has 0 saturated heterocycles. The second kappa shape index (κ2) is 7.27. The number of aromatic nitrogens is 2. The van der Waals surface area contributed by atoms with Crippen LogP contribution in [0.1, 0.15) is 0 Å². The highest BCUT2D eigenvalue weighted by Crippen LogP contribution is 2.48. The molecule has 0 radical (unpaired) electrons. The predicted molar refractivity (Wildman–Crippen MR) is 142 cm³/mol. The summed E-state index contributed by atoms with van der Waals surface area (Å²) in [5.74, 6) is 0.695. The van der Waals surface area contributed by atoms with Gasteiger partial charge in [0.15, 0.2) is 5.82 Å². The van der Waals surface area contributed by atoms with Crippen LogP contribution in [0.25, 0.3) is 44.5 Å². The lowest BCUT2D eigenvalue weighted by Crippen LogP contribution is -2.02. The molecule has 8 rings (SSSR count). The van der Waals surface area contributed by atoms with E-state index in [0.717, 1.165) is 71.2 Å². The average molecular weight is 459 g/mol. The standard InChI is InChI=1S/C32H18N4/c1-2-8-19(9-3-1)21-14-16-26-29(28(21)32-33-18-20-10-4-6-12-24(20)36-32)30-27(34-26)17-15-23-22-11-5-7-13-25(22)35-31(23)30/h1-18H. The Morgan fingerprint density at radius 2 is 1.36 bits per heavy atom. The second-order valence-corrected chi connectivity index (χ2v) is 9.10. The summed E-state index contributed by atoms with van der Waals surface area (Å²) in [6.07, 6.45) is 1.91. The van der Waals surface area contributed by atoms with E-state index in [4.69, 9.17) is 20.0 Å². The van der Waals surface area contributed by atoms with Gasteiger partial charge in [0.05, 0.1) is 27.6 Å². The van der Waals surface area contributed by atoms with Crippen molar-refractivity contribution < 1.29 is 0 Å². The molecule has 0 saturated carbocycles. The molecular formula is C32H18N4. The third-order valence-electron chi connectivity index (χ3n) is 7.05. The molecule has 0 fully saturated rings. The molecule has 4 heteroatoms. The Morgan fingerprint density at radius 1 is 0.528 bits per heavy atom. The van der Waals surface area contributed by atoms with Gasteiger partial charge in [-0.25, -0.2) is 20.0 Å². The Kier molecular flexibility index (Phi) is 3.91. The molecule has 166 valence electrons. The van der Waals surface area contributed by atoms with E-state index in [-0.39, 0.29) is 0 Å². The topological polar surface area (TPSA) is 50.5 Å². The summed E-state index contributed by atoms with van der Waals surface area (Å²) in [6, 6.07) is 35.4. The van der Waals surface area contributed by atoms with Crippen molar-refractivity contribution in [2.45, 2.75) is 0 Å². The summed E-state index contributed by atoms with van der Waals surface area (Å²) in [5.41, 5.74) is 8.13. The van der Waals surface area contributed by atoms with Gasteiger partial charge in [-0.3, -0.25) is 0 Å².